The molecule has 1 atom stereocenters. The summed E-state index contributed by atoms with van der Waals surface area (Å²) in [5.74, 6) is 1.76. The molecule has 1 saturated heterocycles. The van der Waals surface area contributed by atoms with Crippen LogP contribution in [0, 0.1) is 5.92 Å². The van der Waals surface area contributed by atoms with Gasteiger partial charge in [0.1, 0.15) is 11.5 Å². The highest BCUT2D eigenvalue weighted by Gasteiger charge is 2.41. The molecule has 6 nitrogen and oxygen atoms in total. The van der Waals surface area contributed by atoms with Crippen molar-refractivity contribution in [3.05, 3.63) is 59.7 Å². The third-order valence-electron chi connectivity index (χ3n) is 8.17. The van der Waals surface area contributed by atoms with Gasteiger partial charge in [-0.05, 0) is 108 Å². The summed E-state index contributed by atoms with van der Waals surface area (Å²) in [4.78, 5) is 12.0. The Morgan fingerprint density at radius 2 is 1.68 bits per heavy atom. The minimum absolute atomic E-state index is 0.0271. The van der Waals surface area contributed by atoms with Crippen molar-refractivity contribution < 1.29 is 23.7 Å². The second-order valence-corrected chi connectivity index (χ2v) is 11.5. The number of methoxy groups -OCH3 is 1. The molecule has 1 saturated carbocycles. The molecule has 6 heteroatoms. The first-order valence-corrected chi connectivity index (χ1v) is 14.2. The van der Waals surface area contributed by atoms with Gasteiger partial charge in [-0.15, -0.1) is 0 Å². The van der Waals surface area contributed by atoms with E-state index in [2.05, 4.69) is 67.7 Å². The Morgan fingerprint density at radius 1 is 1.00 bits per heavy atom. The Labute approximate surface area is 228 Å². The fraction of sp³-hybridized carbons (Fsp3) is 0.594. The lowest BCUT2D eigenvalue weighted by Gasteiger charge is -2.45. The molecule has 2 fully saturated rings. The highest BCUT2D eigenvalue weighted by atomic mass is 16.5. The molecule has 1 aliphatic heterocycles. The molecule has 2 aromatic carbocycles. The van der Waals surface area contributed by atoms with Gasteiger partial charge in [-0.1, -0.05) is 24.3 Å². The normalized spacial score (nSPS) is 24.9. The molecule has 2 aromatic rings. The smallest absolute Gasteiger partial charge is 0.308 e. The van der Waals surface area contributed by atoms with E-state index in [1.54, 1.807) is 7.11 Å². The largest absolute Gasteiger partial charge is 0.497 e. The SMILES string of the molecule is CCOC(=O)C1CCC(Oc2ccc(CNCCC3(c4ccc(OC)cc4)CCOC(C)(C)C3)cc2)CC1. The highest BCUT2D eigenvalue weighted by Crippen LogP contribution is 2.44. The van der Waals surface area contributed by atoms with Crippen LogP contribution in [0.2, 0.25) is 0 Å². The summed E-state index contributed by atoms with van der Waals surface area (Å²) in [7, 11) is 1.71. The van der Waals surface area contributed by atoms with Gasteiger partial charge in [-0.2, -0.15) is 0 Å². The Hall–Kier alpha value is -2.57. The molecule has 4 rings (SSSR count). The van der Waals surface area contributed by atoms with E-state index < -0.39 is 0 Å². The van der Waals surface area contributed by atoms with E-state index in [0.717, 1.165) is 76.1 Å². The summed E-state index contributed by atoms with van der Waals surface area (Å²) < 4.78 is 22.8. The number of ether oxygens (including phenoxy) is 4. The number of carbonyl (C=O) groups is 1. The number of carbonyl (C=O) groups excluding carboxylic acids is 1. The van der Waals surface area contributed by atoms with Gasteiger partial charge in [0, 0.05) is 18.6 Å². The zero-order valence-electron chi connectivity index (χ0n) is 23.6. The zero-order chi connectivity index (χ0) is 27.0. The first-order chi connectivity index (χ1) is 18.3. The van der Waals surface area contributed by atoms with E-state index in [1.165, 1.54) is 11.1 Å². The van der Waals surface area contributed by atoms with E-state index in [1.807, 2.05) is 6.92 Å². The average Bonchev–Trinajstić information content (AvgIpc) is 2.92. The monoisotopic (exact) mass is 523 g/mol. The molecule has 0 bridgehead atoms. The van der Waals surface area contributed by atoms with E-state index >= 15 is 0 Å². The molecular weight excluding hydrogens is 478 g/mol. The third-order valence-corrected chi connectivity index (χ3v) is 8.17. The van der Waals surface area contributed by atoms with Crippen molar-refractivity contribution in [1.82, 2.24) is 5.32 Å². The van der Waals surface area contributed by atoms with Crippen LogP contribution in [0.5, 0.6) is 11.5 Å². The van der Waals surface area contributed by atoms with Crippen molar-refractivity contribution in [2.45, 2.75) is 89.4 Å². The number of benzene rings is 2. The molecule has 38 heavy (non-hydrogen) atoms. The van der Waals surface area contributed by atoms with E-state index in [-0.39, 0.29) is 29.0 Å². The van der Waals surface area contributed by atoms with Crippen LogP contribution in [-0.4, -0.2) is 44.5 Å². The first kappa shape index (κ1) is 28.4. The summed E-state index contributed by atoms with van der Waals surface area (Å²) in [6, 6.07) is 17.0. The Bertz CT molecular complexity index is 1010. The van der Waals surface area contributed by atoms with Crippen molar-refractivity contribution in [3.8, 4) is 11.5 Å². The fourth-order valence-corrected chi connectivity index (χ4v) is 6.14. The first-order valence-electron chi connectivity index (χ1n) is 14.2. The van der Waals surface area contributed by atoms with E-state index in [4.69, 9.17) is 18.9 Å². The minimum atomic E-state index is -0.133. The van der Waals surface area contributed by atoms with Crippen molar-refractivity contribution in [1.29, 1.82) is 0 Å². The summed E-state index contributed by atoms with van der Waals surface area (Å²) in [6.45, 7) is 9.25. The van der Waals surface area contributed by atoms with Crippen LogP contribution in [-0.2, 0) is 26.2 Å². The maximum atomic E-state index is 12.0. The molecule has 0 amide bonds. The third kappa shape index (κ3) is 7.51. The van der Waals surface area contributed by atoms with Crippen molar-refractivity contribution >= 4 is 5.97 Å². The van der Waals surface area contributed by atoms with Gasteiger partial charge in [0.2, 0.25) is 0 Å². The van der Waals surface area contributed by atoms with Crippen LogP contribution in [0.15, 0.2) is 48.5 Å². The molecule has 1 aliphatic carbocycles. The molecule has 1 N–H and O–H groups in total. The molecule has 1 heterocycles. The van der Waals surface area contributed by atoms with Gasteiger partial charge in [-0.25, -0.2) is 0 Å². The fourth-order valence-electron chi connectivity index (χ4n) is 6.14. The van der Waals surface area contributed by atoms with Crippen LogP contribution in [0.4, 0.5) is 0 Å². The quantitative estimate of drug-likeness (QED) is 0.279. The van der Waals surface area contributed by atoms with Gasteiger partial charge >= 0.3 is 5.97 Å². The summed E-state index contributed by atoms with van der Waals surface area (Å²) >= 11 is 0. The maximum Gasteiger partial charge on any atom is 0.308 e. The van der Waals surface area contributed by atoms with Crippen molar-refractivity contribution in [2.75, 3.05) is 26.9 Å². The predicted octanol–water partition coefficient (Wildman–Crippen LogP) is 6.20. The van der Waals surface area contributed by atoms with Crippen LogP contribution in [0.25, 0.3) is 0 Å². The molecule has 1 unspecified atom stereocenters. The van der Waals surface area contributed by atoms with E-state index in [0.29, 0.717) is 6.61 Å². The second kappa shape index (κ2) is 13.0. The Kier molecular flexibility index (Phi) is 9.72. The standard InChI is InChI=1S/C32H45NO5/c1-5-36-30(34)25-8-14-29(15-9-25)38-28-12-6-24(7-13-28)22-33-20-18-32(19-21-37-31(2,3)23-32)26-10-16-27(35-4)17-11-26/h6-7,10-13,16-17,25,29,33H,5,8-9,14-15,18-23H2,1-4H3. The number of nitrogens with one attached hydrogen (secondary N) is 1. The molecule has 0 spiro atoms. The van der Waals surface area contributed by atoms with E-state index in [9.17, 15) is 4.79 Å². The summed E-state index contributed by atoms with van der Waals surface area (Å²) in [6.07, 6.45) is 6.72. The van der Waals surface area contributed by atoms with Gasteiger partial charge < -0.3 is 24.3 Å². The summed E-state index contributed by atoms with van der Waals surface area (Å²) in [5, 5.41) is 3.67. The lowest BCUT2D eigenvalue weighted by atomic mass is 9.67. The highest BCUT2D eigenvalue weighted by molar-refractivity contribution is 5.72. The molecule has 208 valence electrons. The minimum Gasteiger partial charge on any atom is -0.497 e. The van der Waals surface area contributed by atoms with Crippen LogP contribution >= 0.6 is 0 Å². The van der Waals surface area contributed by atoms with Gasteiger partial charge in [0.25, 0.3) is 0 Å². The lowest BCUT2D eigenvalue weighted by Crippen LogP contribution is -2.45. The van der Waals surface area contributed by atoms with Gasteiger partial charge in [0.05, 0.1) is 31.3 Å². The average molecular weight is 524 g/mol. The molecule has 0 aromatic heterocycles. The van der Waals surface area contributed by atoms with Crippen molar-refractivity contribution in [3.63, 3.8) is 0 Å². The van der Waals surface area contributed by atoms with Crippen LogP contribution in [0.3, 0.4) is 0 Å². The number of esters is 1. The summed E-state index contributed by atoms with van der Waals surface area (Å²) in [5.41, 5.74) is 2.57. The number of rotatable bonds is 11. The topological polar surface area (TPSA) is 66.0 Å². The lowest BCUT2D eigenvalue weighted by molar-refractivity contribution is -0.149. The molecule has 2 aliphatic rings. The Morgan fingerprint density at radius 3 is 2.32 bits per heavy atom. The van der Waals surface area contributed by atoms with Crippen LogP contribution in [0.1, 0.15) is 76.8 Å². The van der Waals surface area contributed by atoms with Crippen molar-refractivity contribution in [2.24, 2.45) is 5.92 Å². The van der Waals surface area contributed by atoms with Gasteiger partial charge in [-0.3, -0.25) is 4.79 Å². The zero-order valence-corrected chi connectivity index (χ0v) is 23.6. The molecule has 0 radical (unpaired) electrons. The number of hydrogen-bond acceptors (Lipinski definition) is 6. The number of hydrogen-bond donors (Lipinski definition) is 1. The Balaban J connectivity index is 1.26. The van der Waals surface area contributed by atoms with Gasteiger partial charge in [0.15, 0.2) is 0 Å². The second-order valence-electron chi connectivity index (χ2n) is 11.5. The molecular formula is C32H45NO5. The van der Waals surface area contributed by atoms with Crippen LogP contribution < -0.4 is 14.8 Å². The predicted molar refractivity (Wildman–Crippen MR) is 150 cm³/mol. The maximum absolute atomic E-state index is 12.0.